The Balaban J connectivity index is 1.86. The normalized spacial score (nSPS) is 12.0. The molecule has 9 heteroatoms. The lowest BCUT2D eigenvalue weighted by Crippen LogP contribution is -2.03. The van der Waals surface area contributed by atoms with Crippen LogP contribution in [0.3, 0.4) is 0 Å². The second-order valence-electron chi connectivity index (χ2n) is 5.34. The third kappa shape index (κ3) is 4.08. The molecular formula is C16H17N5O3S. The van der Waals surface area contributed by atoms with Crippen LogP contribution >= 0.6 is 11.3 Å². The number of rotatable bonds is 6. The number of anilines is 2. The molecule has 3 aromatic heterocycles. The summed E-state index contributed by atoms with van der Waals surface area (Å²) >= 11 is 1.30. The molecule has 1 unspecified atom stereocenters. The van der Waals surface area contributed by atoms with Crippen molar-refractivity contribution in [3.8, 4) is 11.5 Å². The molecule has 25 heavy (non-hydrogen) atoms. The Kier molecular flexibility index (Phi) is 5.17. The number of aliphatic hydroxyl groups excluding tert-OH is 2. The summed E-state index contributed by atoms with van der Waals surface area (Å²) in [5.74, 6) is 1.60. The quantitative estimate of drug-likeness (QED) is 0.615. The van der Waals surface area contributed by atoms with Gasteiger partial charge in [0.15, 0.2) is 22.4 Å². The lowest BCUT2D eigenvalue weighted by Gasteiger charge is -2.12. The second kappa shape index (κ2) is 7.51. The average Bonchev–Trinajstić information content (AvgIpc) is 3.07. The van der Waals surface area contributed by atoms with Crippen molar-refractivity contribution in [2.45, 2.75) is 20.0 Å². The molecular weight excluding hydrogens is 342 g/mol. The number of aliphatic hydroxyl groups is 2. The summed E-state index contributed by atoms with van der Waals surface area (Å²) in [6.07, 6.45) is 2.27. The van der Waals surface area contributed by atoms with Gasteiger partial charge in [0, 0.05) is 17.6 Å². The Hall–Kier alpha value is -2.62. The maximum Gasteiger partial charge on any atom is 0.188 e. The third-order valence-electron chi connectivity index (χ3n) is 3.33. The summed E-state index contributed by atoms with van der Waals surface area (Å²) in [6, 6.07) is 3.58. The summed E-state index contributed by atoms with van der Waals surface area (Å²) in [7, 11) is 0. The summed E-state index contributed by atoms with van der Waals surface area (Å²) in [6.45, 7) is 3.34. The molecule has 0 spiro atoms. The zero-order valence-corrected chi connectivity index (χ0v) is 14.5. The molecule has 0 aliphatic rings. The first-order valence-electron chi connectivity index (χ1n) is 7.51. The number of nitrogens with one attached hydrogen (secondary N) is 1. The first kappa shape index (κ1) is 17.2. The van der Waals surface area contributed by atoms with Crippen LogP contribution in [0.25, 0.3) is 0 Å². The highest BCUT2D eigenvalue weighted by Crippen LogP contribution is 2.32. The van der Waals surface area contributed by atoms with Crippen molar-refractivity contribution in [1.82, 2.24) is 20.2 Å². The minimum atomic E-state index is -1.00. The predicted octanol–water partition coefficient (Wildman–Crippen LogP) is 2.51. The van der Waals surface area contributed by atoms with Gasteiger partial charge in [0.1, 0.15) is 11.8 Å². The minimum Gasteiger partial charge on any atom is -0.451 e. The molecule has 0 radical (unpaired) electrons. The fourth-order valence-electron chi connectivity index (χ4n) is 2.02. The molecule has 0 aliphatic heterocycles. The van der Waals surface area contributed by atoms with Crippen molar-refractivity contribution in [2.24, 2.45) is 0 Å². The van der Waals surface area contributed by atoms with Gasteiger partial charge >= 0.3 is 0 Å². The van der Waals surface area contributed by atoms with Crippen molar-refractivity contribution >= 4 is 22.3 Å². The van der Waals surface area contributed by atoms with Gasteiger partial charge in [-0.1, -0.05) is 0 Å². The highest BCUT2D eigenvalue weighted by molar-refractivity contribution is 7.13. The predicted molar refractivity (Wildman–Crippen MR) is 93.3 cm³/mol. The monoisotopic (exact) mass is 359 g/mol. The standard InChI is InChI=1S/C16H17N5O3S/c1-9-5-14(24-13-3-4-18-21-10(13)2)15(17-6-9)20-16-19-11(8-25-16)12(23)7-22/h3-6,8,12,22-23H,7H2,1-2H3,(H,17,19,20). The van der Waals surface area contributed by atoms with Crippen LogP contribution in [0.4, 0.5) is 10.9 Å². The van der Waals surface area contributed by atoms with Crippen LogP contribution in [0.5, 0.6) is 11.5 Å². The highest BCUT2D eigenvalue weighted by atomic mass is 32.1. The fourth-order valence-corrected chi connectivity index (χ4v) is 2.78. The van der Waals surface area contributed by atoms with Crippen molar-refractivity contribution in [1.29, 1.82) is 0 Å². The summed E-state index contributed by atoms with van der Waals surface area (Å²) in [5, 5.41) is 31.7. The van der Waals surface area contributed by atoms with Gasteiger partial charge in [-0.3, -0.25) is 0 Å². The number of nitrogens with zero attached hydrogens (tertiary/aromatic N) is 4. The third-order valence-corrected chi connectivity index (χ3v) is 4.10. The average molecular weight is 359 g/mol. The van der Waals surface area contributed by atoms with Gasteiger partial charge < -0.3 is 20.3 Å². The topological polar surface area (TPSA) is 113 Å². The number of pyridine rings is 1. The van der Waals surface area contributed by atoms with E-state index in [2.05, 4.69) is 25.5 Å². The number of hydrogen-bond acceptors (Lipinski definition) is 9. The van der Waals surface area contributed by atoms with E-state index < -0.39 is 6.10 Å². The number of thiazole rings is 1. The molecule has 0 saturated heterocycles. The molecule has 3 aromatic rings. The van der Waals surface area contributed by atoms with Crippen LogP contribution in [-0.2, 0) is 0 Å². The molecule has 0 amide bonds. The molecule has 0 saturated carbocycles. The maximum atomic E-state index is 9.64. The number of aryl methyl sites for hydroxylation is 2. The molecule has 0 bridgehead atoms. The molecule has 0 aromatic carbocycles. The smallest absolute Gasteiger partial charge is 0.188 e. The minimum absolute atomic E-state index is 0.380. The molecule has 0 fully saturated rings. The molecule has 3 N–H and O–H groups in total. The van der Waals surface area contributed by atoms with Crippen LogP contribution in [-0.4, -0.2) is 37.0 Å². The fraction of sp³-hybridized carbons (Fsp3) is 0.250. The second-order valence-corrected chi connectivity index (χ2v) is 6.20. The Morgan fingerprint density at radius 3 is 2.92 bits per heavy atom. The molecule has 1 atom stereocenters. The first-order valence-corrected chi connectivity index (χ1v) is 8.39. The van der Waals surface area contributed by atoms with Gasteiger partial charge in [-0.2, -0.15) is 10.2 Å². The first-order chi connectivity index (χ1) is 12.1. The Labute approximate surface area is 148 Å². The molecule has 3 heterocycles. The van der Waals surface area contributed by atoms with Crippen molar-refractivity contribution < 1.29 is 14.9 Å². The van der Waals surface area contributed by atoms with Gasteiger partial charge in [-0.05, 0) is 25.5 Å². The molecule has 8 nitrogen and oxygen atoms in total. The van der Waals surface area contributed by atoms with E-state index in [1.54, 1.807) is 23.8 Å². The van der Waals surface area contributed by atoms with Gasteiger partial charge in [0.05, 0.1) is 18.5 Å². The van der Waals surface area contributed by atoms with Crippen molar-refractivity contribution in [3.63, 3.8) is 0 Å². The molecule has 0 aliphatic carbocycles. The summed E-state index contributed by atoms with van der Waals surface area (Å²) in [4.78, 5) is 8.60. The van der Waals surface area contributed by atoms with Crippen LogP contribution in [0.15, 0.2) is 29.9 Å². The van der Waals surface area contributed by atoms with E-state index >= 15 is 0 Å². The van der Waals surface area contributed by atoms with Crippen LogP contribution in [0, 0.1) is 13.8 Å². The van der Waals surface area contributed by atoms with E-state index in [1.807, 2.05) is 19.9 Å². The van der Waals surface area contributed by atoms with E-state index in [0.717, 1.165) is 5.56 Å². The highest BCUT2D eigenvalue weighted by Gasteiger charge is 2.14. The number of hydrogen-bond donors (Lipinski definition) is 3. The zero-order chi connectivity index (χ0) is 17.8. The van der Waals surface area contributed by atoms with Crippen LogP contribution in [0.1, 0.15) is 23.1 Å². The Bertz CT molecular complexity index is 870. The van der Waals surface area contributed by atoms with Gasteiger partial charge in [0.2, 0.25) is 0 Å². The summed E-state index contributed by atoms with van der Waals surface area (Å²) in [5.41, 5.74) is 2.01. The Morgan fingerprint density at radius 2 is 2.16 bits per heavy atom. The Morgan fingerprint density at radius 1 is 1.32 bits per heavy atom. The van der Waals surface area contributed by atoms with Crippen molar-refractivity contribution in [2.75, 3.05) is 11.9 Å². The van der Waals surface area contributed by atoms with E-state index in [9.17, 15) is 5.11 Å². The SMILES string of the molecule is Cc1cnc(Nc2nc(C(O)CO)cs2)c(Oc2ccnnc2C)c1. The largest absolute Gasteiger partial charge is 0.451 e. The molecule has 3 rings (SSSR count). The van der Waals surface area contributed by atoms with Gasteiger partial charge in [-0.15, -0.1) is 11.3 Å². The lowest BCUT2D eigenvalue weighted by molar-refractivity contribution is 0.0928. The summed E-state index contributed by atoms with van der Waals surface area (Å²) < 4.78 is 5.93. The van der Waals surface area contributed by atoms with E-state index in [1.165, 1.54) is 11.3 Å². The van der Waals surface area contributed by atoms with E-state index in [4.69, 9.17) is 9.84 Å². The number of ether oxygens (including phenoxy) is 1. The van der Waals surface area contributed by atoms with Crippen molar-refractivity contribution in [3.05, 3.63) is 46.9 Å². The van der Waals surface area contributed by atoms with E-state index in [0.29, 0.717) is 33.8 Å². The van der Waals surface area contributed by atoms with E-state index in [-0.39, 0.29) is 6.61 Å². The lowest BCUT2D eigenvalue weighted by atomic mass is 10.3. The maximum absolute atomic E-state index is 9.64. The van der Waals surface area contributed by atoms with Crippen LogP contribution in [0.2, 0.25) is 0 Å². The molecule has 130 valence electrons. The van der Waals surface area contributed by atoms with Gasteiger partial charge in [-0.25, -0.2) is 9.97 Å². The number of aromatic nitrogens is 4. The van der Waals surface area contributed by atoms with Gasteiger partial charge in [0.25, 0.3) is 0 Å². The van der Waals surface area contributed by atoms with Crippen LogP contribution < -0.4 is 10.1 Å². The zero-order valence-electron chi connectivity index (χ0n) is 13.7.